The second kappa shape index (κ2) is 11.0. The van der Waals surface area contributed by atoms with Crippen molar-refractivity contribution in [2.45, 2.75) is 53.2 Å². The fourth-order valence-electron chi connectivity index (χ4n) is 3.05. The molecule has 0 aromatic carbocycles. The molecule has 0 radical (unpaired) electrons. The lowest BCUT2D eigenvalue weighted by molar-refractivity contribution is 0.0529. The van der Waals surface area contributed by atoms with Gasteiger partial charge in [-0.05, 0) is 31.4 Å². The number of nitrogens with one attached hydrogen (secondary N) is 2. The predicted molar refractivity (Wildman–Crippen MR) is 109 cm³/mol. The van der Waals surface area contributed by atoms with Gasteiger partial charge >= 0.3 is 0 Å². The number of hydrogen-bond donors (Lipinski definition) is 2. The normalized spacial score (nSPS) is 18.3. The van der Waals surface area contributed by atoms with Gasteiger partial charge in [0, 0.05) is 32.4 Å². The van der Waals surface area contributed by atoms with E-state index in [4.69, 9.17) is 9.73 Å². The van der Waals surface area contributed by atoms with Crippen LogP contribution in [0, 0.1) is 5.92 Å². The topological polar surface area (TPSA) is 61.8 Å². The lowest BCUT2D eigenvalue weighted by Crippen LogP contribution is -2.41. The summed E-state index contributed by atoms with van der Waals surface area (Å²) in [5, 5.41) is 6.78. The van der Waals surface area contributed by atoms with Crippen LogP contribution in [0.4, 0.5) is 5.82 Å². The van der Waals surface area contributed by atoms with Crippen LogP contribution < -0.4 is 15.5 Å². The Bertz CT molecular complexity index is 542. The third-order valence-electron chi connectivity index (χ3n) is 4.85. The van der Waals surface area contributed by atoms with E-state index in [9.17, 15) is 0 Å². The summed E-state index contributed by atoms with van der Waals surface area (Å²) in [6, 6.07) is 4.21. The van der Waals surface area contributed by atoms with E-state index < -0.39 is 0 Å². The van der Waals surface area contributed by atoms with Crippen LogP contribution in [-0.2, 0) is 11.3 Å². The van der Waals surface area contributed by atoms with E-state index in [2.05, 4.69) is 60.3 Å². The van der Waals surface area contributed by atoms with E-state index in [1.54, 1.807) is 0 Å². The molecule has 6 heteroatoms. The molecule has 0 bridgehead atoms. The number of pyridine rings is 1. The SMILES string of the molecule is CCNC(=NCc1ccc(N2CCOC(C)C2)nc1)NCC(CC)CC. The Morgan fingerprint density at radius 1 is 1.31 bits per heavy atom. The van der Waals surface area contributed by atoms with Crippen molar-refractivity contribution < 1.29 is 4.74 Å². The molecule has 1 aliphatic heterocycles. The fourth-order valence-corrected chi connectivity index (χ4v) is 3.05. The molecule has 1 fully saturated rings. The quantitative estimate of drug-likeness (QED) is 0.551. The third kappa shape index (κ3) is 6.48. The molecule has 6 nitrogen and oxygen atoms in total. The highest BCUT2D eigenvalue weighted by Gasteiger charge is 2.17. The molecule has 2 heterocycles. The molecular formula is C20H35N5O. The predicted octanol–water partition coefficient (Wildman–Crippen LogP) is 2.80. The average molecular weight is 362 g/mol. The van der Waals surface area contributed by atoms with E-state index in [1.165, 1.54) is 12.8 Å². The molecule has 1 aromatic heterocycles. The molecule has 146 valence electrons. The number of nitrogens with zero attached hydrogens (tertiary/aromatic N) is 3. The monoisotopic (exact) mass is 361 g/mol. The highest BCUT2D eigenvalue weighted by molar-refractivity contribution is 5.79. The van der Waals surface area contributed by atoms with Crippen molar-refractivity contribution >= 4 is 11.8 Å². The Labute approximate surface area is 158 Å². The van der Waals surface area contributed by atoms with Crippen LogP contribution in [0.2, 0.25) is 0 Å². The first-order chi connectivity index (χ1) is 12.7. The minimum absolute atomic E-state index is 0.263. The van der Waals surface area contributed by atoms with Crippen molar-refractivity contribution in [3.63, 3.8) is 0 Å². The molecule has 0 aliphatic carbocycles. The van der Waals surface area contributed by atoms with Crippen LogP contribution in [-0.4, -0.2) is 49.8 Å². The van der Waals surface area contributed by atoms with Gasteiger partial charge in [-0.3, -0.25) is 0 Å². The maximum atomic E-state index is 5.60. The van der Waals surface area contributed by atoms with E-state index in [0.717, 1.165) is 50.1 Å². The fraction of sp³-hybridized carbons (Fsp3) is 0.700. The van der Waals surface area contributed by atoms with Gasteiger partial charge in [-0.15, -0.1) is 0 Å². The van der Waals surface area contributed by atoms with Gasteiger partial charge < -0.3 is 20.3 Å². The molecular weight excluding hydrogens is 326 g/mol. The Kier molecular flexibility index (Phi) is 8.68. The highest BCUT2D eigenvalue weighted by Crippen LogP contribution is 2.15. The molecule has 2 rings (SSSR count). The van der Waals surface area contributed by atoms with Gasteiger partial charge in [0.25, 0.3) is 0 Å². The molecule has 1 aromatic rings. The van der Waals surface area contributed by atoms with Crippen molar-refractivity contribution in [3.8, 4) is 0 Å². The zero-order valence-corrected chi connectivity index (χ0v) is 16.8. The number of anilines is 1. The zero-order chi connectivity index (χ0) is 18.8. The standard InChI is InChI=1S/C20H35N5O/c1-5-17(6-2)12-23-20(21-7-3)24-14-18-8-9-19(22-13-18)25-10-11-26-16(4)15-25/h8-9,13,16-17H,5-7,10-12,14-15H2,1-4H3,(H2,21,23,24). The number of aliphatic imine (C=N–C) groups is 1. The minimum Gasteiger partial charge on any atom is -0.375 e. The second-order valence-electron chi connectivity index (χ2n) is 6.91. The lowest BCUT2D eigenvalue weighted by atomic mass is 10.0. The van der Waals surface area contributed by atoms with Crippen LogP contribution in [0.25, 0.3) is 0 Å². The molecule has 26 heavy (non-hydrogen) atoms. The number of aromatic nitrogens is 1. The smallest absolute Gasteiger partial charge is 0.191 e. The first-order valence-corrected chi connectivity index (χ1v) is 9.99. The lowest BCUT2D eigenvalue weighted by Gasteiger charge is -2.32. The van der Waals surface area contributed by atoms with Crippen LogP contribution in [0.1, 0.15) is 46.1 Å². The summed E-state index contributed by atoms with van der Waals surface area (Å²) in [6.07, 6.45) is 4.57. The van der Waals surface area contributed by atoms with Gasteiger partial charge in [-0.25, -0.2) is 9.98 Å². The van der Waals surface area contributed by atoms with Gasteiger partial charge in [0.15, 0.2) is 5.96 Å². The van der Waals surface area contributed by atoms with Crippen molar-refractivity contribution in [3.05, 3.63) is 23.9 Å². The number of morpholine rings is 1. The summed E-state index contributed by atoms with van der Waals surface area (Å²) in [7, 11) is 0. The number of ether oxygens (including phenoxy) is 1. The summed E-state index contributed by atoms with van der Waals surface area (Å²) in [4.78, 5) is 11.6. The molecule has 1 saturated heterocycles. The Balaban J connectivity index is 1.91. The van der Waals surface area contributed by atoms with Crippen molar-refractivity contribution in [2.24, 2.45) is 10.9 Å². The number of guanidine groups is 1. The first kappa shape index (κ1) is 20.5. The van der Waals surface area contributed by atoms with Crippen LogP contribution >= 0.6 is 0 Å². The number of rotatable bonds is 8. The molecule has 1 unspecified atom stereocenters. The first-order valence-electron chi connectivity index (χ1n) is 9.99. The number of hydrogen-bond acceptors (Lipinski definition) is 4. The summed E-state index contributed by atoms with van der Waals surface area (Å²) in [5.74, 6) is 2.59. The van der Waals surface area contributed by atoms with Gasteiger partial charge in [-0.1, -0.05) is 32.8 Å². The van der Waals surface area contributed by atoms with Crippen LogP contribution in [0.5, 0.6) is 0 Å². The van der Waals surface area contributed by atoms with E-state index in [-0.39, 0.29) is 6.10 Å². The van der Waals surface area contributed by atoms with Crippen LogP contribution in [0.3, 0.4) is 0 Å². The summed E-state index contributed by atoms with van der Waals surface area (Å²) < 4.78 is 5.60. The van der Waals surface area contributed by atoms with Gasteiger partial charge in [0.05, 0.1) is 19.3 Å². The van der Waals surface area contributed by atoms with Crippen LogP contribution in [0.15, 0.2) is 23.3 Å². The molecule has 1 atom stereocenters. The summed E-state index contributed by atoms with van der Waals surface area (Å²) >= 11 is 0. The average Bonchev–Trinajstić information content (AvgIpc) is 2.67. The zero-order valence-electron chi connectivity index (χ0n) is 16.8. The Morgan fingerprint density at radius 2 is 2.12 bits per heavy atom. The maximum absolute atomic E-state index is 5.60. The maximum Gasteiger partial charge on any atom is 0.191 e. The molecule has 0 spiro atoms. The van der Waals surface area contributed by atoms with E-state index in [0.29, 0.717) is 12.5 Å². The third-order valence-corrected chi connectivity index (χ3v) is 4.85. The Hall–Kier alpha value is -1.82. The van der Waals surface area contributed by atoms with Crippen molar-refractivity contribution in [1.82, 2.24) is 15.6 Å². The largest absolute Gasteiger partial charge is 0.375 e. The van der Waals surface area contributed by atoms with Gasteiger partial charge in [0.1, 0.15) is 5.82 Å². The van der Waals surface area contributed by atoms with Crippen molar-refractivity contribution in [1.29, 1.82) is 0 Å². The Morgan fingerprint density at radius 3 is 2.73 bits per heavy atom. The highest BCUT2D eigenvalue weighted by atomic mass is 16.5. The summed E-state index contributed by atoms with van der Waals surface area (Å²) in [5.41, 5.74) is 1.12. The van der Waals surface area contributed by atoms with E-state index in [1.807, 2.05) is 6.20 Å². The van der Waals surface area contributed by atoms with Gasteiger partial charge in [0.2, 0.25) is 0 Å². The molecule has 2 N–H and O–H groups in total. The second-order valence-corrected chi connectivity index (χ2v) is 6.91. The molecule has 0 saturated carbocycles. The minimum atomic E-state index is 0.263. The molecule has 1 aliphatic rings. The molecule has 0 amide bonds. The van der Waals surface area contributed by atoms with Crippen molar-refractivity contribution in [2.75, 3.05) is 37.7 Å². The van der Waals surface area contributed by atoms with Gasteiger partial charge in [-0.2, -0.15) is 0 Å². The summed E-state index contributed by atoms with van der Waals surface area (Å²) in [6.45, 7) is 13.7. The van der Waals surface area contributed by atoms with E-state index >= 15 is 0 Å².